The molecule has 1 spiro atoms. The second-order valence-corrected chi connectivity index (χ2v) is 6.09. The van der Waals surface area contributed by atoms with Crippen LogP contribution in [-0.2, 0) is 0 Å². The van der Waals surface area contributed by atoms with Gasteiger partial charge in [0.1, 0.15) is 0 Å². The van der Waals surface area contributed by atoms with E-state index in [0.717, 1.165) is 5.92 Å². The Bertz CT molecular complexity index is 362. The van der Waals surface area contributed by atoms with E-state index in [1.54, 1.807) is 0 Å². The summed E-state index contributed by atoms with van der Waals surface area (Å²) in [5.74, 6) is 0.942. The summed E-state index contributed by atoms with van der Waals surface area (Å²) in [4.78, 5) is 0. The van der Waals surface area contributed by atoms with Crippen LogP contribution in [0.15, 0.2) is 30.3 Å². The zero-order valence-corrected chi connectivity index (χ0v) is 10.8. The Kier molecular flexibility index (Phi) is 2.96. The summed E-state index contributed by atoms with van der Waals surface area (Å²) < 4.78 is 0. The van der Waals surface area contributed by atoms with Gasteiger partial charge in [-0.25, -0.2) is 0 Å². The van der Waals surface area contributed by atoms with Gasteiger partial charge < -0.3 is 5.32 Å². The van der Waals surface area contributed by atoms with Gasteiger partial charge in [-0.3, -0.25) is 0 Å². The van der Waals surface area contributed by atoms with Crippen LogP contribution in [0.3, 0.4) is 0 Å². The van der Waals surface area contributed by atoms with Crippen molar-refractivity contribution in [1.82, 2.24) is 5.32 Å². The molecule has 1 heteroatoms. The van der Waals surface area contributed by atoms with Crippen LogP contribution in [0.5, 0.6) is 0 Å². The largest absolute Gasteiger partial charge is 0.309 e. The van der Waals surface area contributed by atoms with Gasteiger partial charge in [-0.2, -0.15) is 0 Å². The molecule has 0 bridgehead atoms. The third-order valence-corrected chi connectivity index (χ3v) is 4.99. The Balaban J connectivity index is 1.85. The molecule has 0 aromatic heterocycles. The van der Waals surface area contributed by atoms with E-state index in [0.29, 0.717) is 11.5 Å². The van der Waals surface area contributed by atoms with Crippen molar-refractivity contribution < 1.29 is 0 Å². The van der Waals surface area contributed by atoms with Gasteiger partial charge >= 0.3 is 0 Å². The van der Waals surface area contributed by atoms with Gasteiger partial charge in [0.25, 0.3) is 0 Å². The normalized spacial score (nSPS) is 37.5. The molecule has 1 aromatic rings. The van der Waals surface area contributed by atoms with Crippen molar-refractivity contribution in [3.8, 4) is 0 Å². The molecular weight excluding hydrogens is 206 g/mol. The van der Waals surface area contributed by atoms with Gasteiger partial charge in [-0.15, -0.1) is 0 Å². The van der Waals surface area contributed by atoms with Crippen molar-refractivity contribution in [2.24, 2.45) is 11.3 Å². The molecule has 1 aliphatic heterocycles. The van der Waals surface area contributed by atoms with Crippen LogP contribution in [0.25, 0.3) is 0 Å². The second kappa shape index (κ2) is 4.45. The van der Waals surface area contributed by atoms with Gasteiger partial charge in [0.15, 0.2) is 0 Å². The van der Waals surface area contributed by atoms with E-state index in [9.17, 15) is 0 Å². The first-order valence-electron chi connectivity index (χ1n) is 7.08. The van der Waals surface area contributed by atoms with E-state index >= 15 is 0 Å². The molecule has 3 rings (SSSR count). The highest BCUT2D eigenvalue weighted by molar-refractivity contribution is 5.23. The van der Waals surface area contributed by atoms with Crippen LogP contribution in [0, 0.1) is 11.3 Å². The highest BCUT2D eigenvalue weighted by atomic mass is 15.0. The number of hydrogen-bond acceptors (Lipinski definition) is 1. The molecule has 17 heavy (non-hydrogen) atoms. The minimum absolute atomic E-state index is 0.563. The third kappa shape index (κ3) is 2.01. The highest BCUT2D eigenvalue weighted by Crippen LogP contribution is 2.52. The fraction of sp³-hybridized carbons (Fsp3) is 0.625. The summed E-state index contributed by atoms with van der Waals surface area (Å²) in [6.45, 7) is 3.61. The molecule has 1 aromatic carbocycles. The smallest absolute Gasteiger partial charge is 0.0377 e. The molecule has 92 valence electrons. The maximum absolute atomic E-state index is 3.75. The Morgan fingerprint density at radius 2 is 1.76 bits per heavy atom. The maximum Gasteiger partial charge on any atom is 0.0377 e. The van der Waals surface area contributed by atoms with Crippen molar-refractivity contribution in [3.63, 3.8) is 0 Å². The van der Waals surface area contributed by atoms with Crippen molar-refractivity contribution in [1.29, 1.82) is 0 Å². The Morgan fingerprint density at radius 1 is 1.06 bits per heavy atom. The summed E-state index contributed by atoms with van der Waals surface area (Å²) >= 11 is 0. The summed E-state index contributed by atoms with van der Waals surface area (Å²) in [5, 5.41) is 3.75. The number of benzene rings is 1. The molecule has 2 aliphatic rings. The molecule has 1 N–H and O–H groups in total. The summed E-state index contributed by atoms with van der Waals surface area (Å²) in [7, 11) is 0. The van der Waals surface area contributed by atoms with Crippen molar-refractivity contribution in [2.75, 3.05) is 6.54 Å². The first-order chi connectivity index (χ1) is 8.30. The quantitative estimate of drug-likeness (QED) is 0.769. The minimum atomic E-state index is 0.563. The number of hydrogen-bond donors (Lipinski definition) is 1. The van der Waals surface area contributed by atoms with Crippen molar-refractivity contribution >= 4 is 0 Å². The van der Waals surface area contributed by atoms with Gasteiger partial charge in [0.05, 0.1) is 0 Å². The number of nitrogens with one attached hydrogen (secondary N) is 1. The summed E-state index contributed by atoms with van der Waals surface area (Å²) in [6.07, 6.45) is 7.05. The number of rotatable bonds is 1. The van der Waals surface area contributed by atoms with Crippen LogP contribution in [0.1, 0.15) is 50.6 Å². The van der Waals surface area contributed by atoms with Crippen LogP contribution in [0.4, 0.5) is 0 Å². The fourth-order valence-electron chi connectivity index (χ4n) is 3.82. The molecule has 1 saturated heterocycles. The lowest BCUT2D eigenvalue weighted by Crippen LogP contribution is -2.32. The molecule has 2 fully saturated rings. The molecule has 1 atom stereocenters. The molecule has 1 aliphatic carbocycles. The standard InChI is InChI=1S/C16H23N/c1-13-7-9-16(10-8-13)11-12-17-15(16)14-5-3-2-4-6-14/h2-6,13,15,17H,7-12H2,1H3. The SMILES string of the molecule is CC1CCC2(CCNC2c2ccccc2)CC1. The van der Waals surface area contributed by atoms with Crippen molar-refractivity contribution in [2.45, 2.75) is 45.1 Å². The average Bonchev–Trinajstić information content (AvgIpc) is 2.78. The van der Waals surface area contributed by atoms with Crippen LogP contribution in [-0.4, -0.2) is 6.54 Å². The first-order valence-corrected chi connectivity index (χ1v) is 7.08. The Hall–Kier alpha value is -0.820. The molecule has 0 radical (unpaired) electrons. The molecule has 1 heterocycles. The monoisotopic (exact) mass is 229 g/mol. The predicted octanol–water partition coefficient (Wildman–Crippen LogP) is 3.92. The van der Waals surface area contributed by atoms with Crippen LogP contribution >= 0.6 is 0 Å². The van der Waals surface area contributed by atoms with Gasteiger partial charge in [-0.05, 0) is 42.7 Å². The maximum atomic E-state index is 3.75. The lowest BCUT2D eigenvalue weighted by atomic mass is 9.65. The van der Waals surface area contributed by atoms with E-state index in [-0.39, 0.29) is 0 Å². The molecule has 1 saturated carbocycles. The molecular formula is C16H23N. The van der Waals surface area contributed by atoms with Crippen LogP contribution in [0.2, 0.25) is 0 Å². The zero-order valence-electron chi connectivity index (χ0n) is 10.8. The second-order valence-electron chi connectivity index (χ2n) is 6.09. The van der Waals surface area contributed by atoms with Gasteiger partial charge in [0, 0.05) is 6.04 Å². The average molecular weight is 229 g/mol. The zero-order chi connectivity index (χ0) is 11.7. The Morgan fingerprint density at radius 3 is 2.47 bits per heavy atom. The summed E-state index contributed by atoms with van der Waals surface area (Å²) in [6, 6.07) is 11.7. The third-order valence-electron chi connectivity index (χ3n) is 4.99. The van der Waals surface area contributed by atoms with Gasteiger partial charge in [-0.1, -0.05) is 50.1 Å². The lowest BCUT2D eigenvalue weighted by molar-refractivity contribution is 0.135. The molecule has 1 nitrogen and oxygen atoms in total. The van der Waals surface area contributed by atoms with Gasteiger partial charge in [0.2, 0.25) is 0 Å². The highest BCUT2D eigenvalue weighted by Gasteiger charge is 2.44. The van der Waals surface area contributed by atoms with Crippen molar-refractivity contribution in [3.05, 3.63) is 35.9 Å². The molecule has 0 amide bonds. The van der Waals surface area contributed by atoms with Crippen LogP contribution < -0.4 is 5.32 Å². The minimum Gasteiger partial charge on any atom is -0.309 e. The topological polar surface area (TPSA) is 12.0 Å². The fourth-order valence-corrected chi connectivity index (χ4v) is 3.82. The van der Waals surface area contributed by atoms with E-state index in [1.807, 2.05) is 0 Å². The Labute approximate surface area is 105 Å². The van der Waals surface area contributed by atoms with E-state index < -0.39 is 0 Å². The summed E-state index contributed by atoms with van der Waals surface area (Å²) in [5.41, 5.74) is 2.06. The van der Waals surface area contributed by atoms with E-state index in [4.69, 9.17) is 0 Å². The first kappa shape index (κ1) is 11.3. The van der Waals surface area contributed by atoms with E-state index in [1.165, 1.54) is 44.2 Å². The lowest BCUT2D eigenvalue weighted by Gasteiger charge is -2.40. The van der Waals surface area contributed by atoms with E-state index in [2.05, 4.69) is 42.6 Å². The predicted molar refractivity (Wildman–Crippen MR) is 71.9 cm³/mol. The molecule has 1 unspecified atom stereocenters.